The van der Waals surface area contributed by atoms with Crippen LogP contribution in [0.25, 0.3) is 0 Å². The lowest BCUT2D eigenvalue weighted by Crippen LogP contribution is -2.33. The number of benzene rings is 2. The number of esters is 1. The molecule has 166 valence electrons. The van der Waals surface area contributed by atoms with E-state index in [4.69, 9.17) is 21.1 Å². The van der Waals surface area contributed by atoms with E-state index in [9.17, 15) is 14.4 Å². The lowest BCUT2D eigenvalue weighted by Gasteiger charge is -2.18. The Morgan fingerprint density at radius 2 is 1.81 bits per heavy atom. The van der Waals surface area contributed by atoms with Crippen molar-refractivity contribution in [2.24, 2.45) is 0 Å². The zero-order valence-corrected chi connectivity index (χ0v) is 19.0. The van der Waals surface area contributed by atoms with Crippen LogP contribution in [0.15, 0.2) is 60.7 Å². The van der Waals surface area contributed by atoms with Crippen molar-refractivity contribution >= 4 is 46.4 Å². The molecule has 0 aliphatic heterocycles. The van der Waals surface area contributed by atoms with Gasteiger partial charge in [0.1, 0.15) is 12.3 Å². The van der Waals surface area contributed by atoms with E-state index >= 15 is 0 Å². The molecule has 1 atom stereocenters. The quantitative estimate of drug-likeness (QED) is 0.475. The van der Waals surface area contributed by atoms with E-state index in [0.717, 1.165) is 4.88 Å². The molecule has 0 aliphatic rings. The lowest BCUT2D eigenvalue weighted by atomic mass is 10.1. The Kier molecular flexibility index (Phi) is 7.86. The SMILES string of the molecule is COc1ccc(NC(=O)[C@@H](OC(=O)CNC(=O)c2ccc(C)s2)c2ccccc2)cc1Cl. The van der Waals surface area contributed by atoms with E-state index in [1.807, 2.05) is 13.0 Å². The standard InChI is InChI=1S/C23H21ClN2O5S/c1-14-8-11-19(32-14)22(28)25-13-20(27)31-21(15-6-4-3-5-7-15)23(29)26-16-9-10-18(30-2)17(24)12-16/h3-12,21H,13H2,1-2H3,(H,25,28)(H,26,29)/t21-/m0/s1. The minimum absolute atomic E-state index is 0.324. The van der Waals surface area contributed by atoms with Crippen molar-refractivity contribution in [2.45, 2.75) is 13.0 Å². The Balaban J connectivity index is 1.68. The number of amides is 2. The number of hydrogen-bond acceptors (Lipinski definition) is 6. The van der Waals surface area contributed by atoms with Crippen LogP contribution in [0, 0.1) is 6.92 Å². The molecule has 32 heavy (non-hydrogen) atoms. The van der Waals surface area contributed by atoms with Crippen molar-refractivity contribution in [3.05, 3.63) is 81.0 Å². The van der Waals surface area contributed by atoms with Crippen LogP contribution < -0.4 is 15.4 Å². The topological polar surface area (TPSA) is 93.7 Å². The fourth-order valence-electron chi connectivity index (χ4n) is 2.82. The molecule has 0 spiro atoms. The highest BCUT2D eigenvalue weighted by Crippen LogP contribution is 2.28. The fourth-order valence-corrected chi connectivity index (χ4v) is 3.86. The number of halogens is 1. The molecule has 7 nitrogen and oxygen atoms in total. The van der Waals surface area contributed by atoms with Crippen LogP contribution in [0.3, 0.4) is 0 Å². The van der Waals surface area contributed by atoms with Crippen LogP contribution in [-0.2, 0) is 14.3 Å². The first-order valence-electron chi connectivity index (χ1n) is 9.61. The van der Waals surface area contributed by atoms with Gasteiger partial charge in [-0.1, -0.05) is 41.9 Å². The van der Waals surface area contributed by atoms with Crippen molar-refractivity contribution < 1.29 is 23.9 Å². The smallest absolute Gasteiger partial charge is 0.326 e. The second-order valence-electron chi connectivity index (χ2n) is 6.71. The number of methoxy groups -OCH3 is 1. The zero-order chi connectivity index (χ0) is 23.1. The molecule has 2 amide bonds. The summed E-state index contributed by atoms with van der Waals surface area (Å²) >= 11 is 7.44. The fraction of sp³-hybridized carbons (Fsp3) is 0.174. The number of thiophene rings is 1. The summed E-state index contributed by atoms with van der Waals surface area (Å²) in [5.74, 6) is -1.23. The van der Waals surface area contributed by atoms with Gasteiger partial charge in [0.05, 0.1) is 17.0 Å². The second-order valence-corrected chi connectivity index (χ2v) is 8.41. The second kappa shape index (κ2) is 10.8. The van der Waals surface area contributed by atoms with Crippen molar-refractivity contribution in [2.75, 3.05) is 19.0 Å². The Morgan fingerprint density at radius 1 is 1.06 bits per heavy atom. The van der Waals surface area contributed by atoms with Crippen molar-refractivity contribution in [3.8, 4) is 5.75 Å². The van der Waals surface area contributed by atoms with Crippen LogP contribution >= 0.6 is 22.9 Å². The molecule has 0 fully saturated rings. The summed E-state index contributed by atoms with van der Waals surface area (Å²) < 4.78 is 10.5. The van der Waals surface area contributed by atoms with Crippen LogP contribution in [0.1, 0.15) is 26.2 Å². The summed E-state index contributed by atoms with van der Waals surface area (Å²) in [7, 11) is 1.49. The number of nitrogens with one attached hydrogen (secondary N) is 2. The molecule has 0 aliphatic carbocycles. The predicted octanol–water partition coefficient (Wildman–Crippen LogP) is 4.37. The summed E-state index contributed by atoms with van der Waals surface area (Å²) in [6.07, 6.45) is -1.22. The Bertz CT molecular complexity index is 1120. The molecule has 1 aromatic heterocycles. The van der Waals surface area contributed by atoms with Crippen molar-refractivity contribution in [1.29, 1.82) is 0 Å². The minimum Gasteiger partial charge on any atom is -0.495 e. The molecule has 3 rings (SSSR count). The molecular weight excluding hydrogens is 452 g/mol. The highest BCUT2D eigenvalue weighted by molar-refractivity contribution is 7.13. The molecule has 2 aromatic carbocycles. The number of carbonyl (C=O) groups excluding carboxylic acids is 3. The molecule has 0 bridgehead atoms. The van der Waals surface area contributed by atoms with Gasteiger partial charge in [0.25, 0.3) is 11.8 Å². The van der Waals surface area contributed by atoms with Gasteiger partial charge in [-0.2, -0.15) is 0 Å². The first kappa shape index (κ1) is 23.3. The molecule has 1 heterocycles. The van der Waals surface area contributed by atoms with Gasteiger partial charge >= 0.3 is 5.97 Å². The number of rotatable bonds is 8. The molecule has 9 heteroatoms. The Labute approximate surface area is 194 Å². The summed E-state index contributed by atoms with van der Waals surface area (Å²) in [5.41, 5.74) is 0.900. The first-order chi connectivity index (χ1) is 15.4. The molecular formula is C23H21ClN2O5S. The van der Waals surface area contributed by atoms with Gasteiger partial charge in [0.15, 0.2) is 0 Å². The molecule has 0 unspecified atom stereocenters. The predicted molar refractivity (Wildman–Crippen MR) is 123 cm³/mol. The summed E-state index contributed by atoms with van der Waals surface area (Å²) in [6, 6.07) is 16.9. The molecule has 0 saturated heterocycles. The van der Waals surface area contributed by atoms with Crippen molar-refractivity contribution in [1.82, 2.24) is 5.32 Å². The largest absolute Gasteiger partial charge is 0.495 e. The van der Waals surface area contributed by atoms with Crippen LogP contribution in [0.2, 0.25) is 5.02 Å². The van der Waals surface area contributed by atoms with Crippen LogP contribution in [0.4, 0.5) is 5.69 Å². The highest BCUT2D eigenvalue weighted by atomic mass is 35.5. The van der Waals surface area contributed by atoms with Gasteiger partial charge < -0.3 is 20.1 Å². The van der Waals surface area contributed by atoms with Gasteiger partial charge in [-0.15, -0.1) is 11.3 Å². The number of hydrogen-bond donors (Lipinski definition) is 2. The summed E-state index contributed by atoms with van der Waals surface area (Å²) in [4.78, 5) is 39.0. The highest BCUT2D eigenvalue weighted by Gasteiger charge is 2.25. The maximum absolute atomic E-state index is 12.9. The molecule has 0 radical (unpaired) electrons. The lowest BCUT2D eigenvalue weighted by molar-refractivity contribution is -0.153. The maximum Gasteiger partial charge on any atom is 0.326 e. The zero-order valence-electron chi connectivity index (χ0n) is 17.4. The monoisotopic (exact) mass is 472 g/mol. The van der Waals surface area contributed by atoms with Gasteiger partial charge in [-0.05, 0) is 37.3 Å². The molecule has 2 N–H and O–H groups in total. The van der Waals surface area contributed by atoms with E-state index in [1.54, 1.807) is 48.5 Å². The number of aryl methyl sites for hydroxylation is 1. The minimum atomic E-state index is -1.22. The van der Waals surface area contributed by atoms with Crippen LogP contribution in [-0.4, -0.2) is 31.4 Å². The third-order valence-corrected chi connectivity index (χ3v) is 5.66. The number of anilines is 1. The van der Waals surface area contributed by atoms with Crippen molar-refractivity contribution in [3.63, 3.8) is 0 Å². The van der Waals surface area contributed by atoms with Gasteiger partial charge in [-0.25, -0.2) is 0 Å². The number of carbonyl (C=O) groups is 3. The van der Waals surface area contributed by atoms with Gasteiger partial charge in [-0.3, -0.25) is 14.4 Å². The summed E-state index contributed by atoms with van der Waals surface area (Å²) in [6.45, 7) is 1.51. The van der Waals surface area contributed by atoms with E-state index < -0.39 is 18.0 Å². The third-order valence-electron chi connectivity index (χ3n) is 4.37. The maximum atomic E-state index is 12.9. The number of ether oxygens (including phenoxy) is 2. The van der Waals surface area contributed by atoms with Crippen LogP contribution in [0.5, 0.6) is 5.75 Å². The van der Waals surface area contributed by atoms with E-state index in [2.05, 4.69) is 10.6 Å². The third kappa shape index (κ3) is 6.09. The van der Waals surface area contributed by atoms with Gasteiger partial charge in [0, 0.05) is 16.1 Å². The normalized spacial score (nSPS) is 11.3. The van der Waals surface area contributed by atoms with E-state index in [1.165, 1.54) is 24.5 Å². The molecule has 0 saturated carbocycles. The Morgan fingerprint density at radius 3 is 2.44 bits per heavy atom. The summed E-state index contributed by atoms with van der Waals surface area (Å²) in [5, 5.41) is 5.53. The average Bonchev–Trinajstić information content (AvgIpc) is 3.23. The Hall–Kier alpha value is -3.36. The molecule has 3 aromatic rings. The van der Waals surface area contributed by atoms with E-state index in [-0.39, 0.29) is 12.5 Å². The first-order valence-corrected chi connectivity index (χ1v) is 10.8. The van der Waals surface area contributed by atoms with Gasteiger partial charge in [0.2, 0.25) is 6.10 Å². The average molecular weight is 473 g/mol. The van der Waals surface area contributed by atoms with E-state index in [0.29, 0.717) is 26.9 Å².